The van der Waals surface area contributed by atoms with Gasteiger partial charge in [0.2, 0.25) is 5.91 Å². The molecule has 1 aliphatic rings. The molecule has 3 rings (SSSR count). The van der Waals surface area contributed by atoms with Crippen molar-refractivity contribution in [1.82, 2.24) is 5.32 Å². The summed E-state index contributed by atoms with van der Waals surface area (Å²) in [6.07, 6.45) is 2.22. The highest BCUT2D eigenvalue weighted by atomic mass is 19.3. The molecule has 4 nitrogen and oxygen atoms in total. The Morgan fingerprint density at radius 1 is 1.19 bits per heavy atom. The summed E-state index contributed by atoms with van der Waals surface area (Å²) in [4.78, 5) is 12.8. The molecular weight excluding hydrogens is 359 g/mol. The van der Waals surface area contributed by atoms with Crippen molar-refractivity contribution in [2.24, 2.45) is 0 Å². The first-order chi connectivity index (χ1) is 12.9. The summed E-state index contributed by atoms with van der Waals surface area (Å²) in [5.41, 5.74) is 0.630. The molecule has 0 unspecified atom stereocenters. The Labute approximate surface area is 155 Å². The zero-order valence-electron chi connectivity index (χ0n) is 14.8. The third-order valence-electron chi connectivity index (χ3n) is 4.92. The van der Waals surface area contributed by atoms with Crippen molar-refractivity contribution in [3.8, 4) is 11.5 Å². The number of rotatable bonds is 7. The SMILES string of the molecule is COc1cc(CNC(=O)C2(c3cccc(F)c3)CCC2)ccc1OC(F)F. The molecule has 27 heavy (non-hydrogen) atoms. The average Bonchev–Trinajstić information content (AvgIpc) is 2.59. The minimum Gasteiger partial charge on any atom is -0.493 e. The fraction of sp³-hybridized carbons (Fsp3) is 0.350. The van der Waals surface area contributed by atoms with Gasteiger partial charge in [-0.2, -0.15) is 8.78 Å². The van der Waals surface area contributed by atoms with Crippen LogP contribution in [0, 0.1) is 5.82 Å². The molecule has 0 heterocycles. The van der Waals surface area contributed by atoms with Gasteiger partial charge in [-0.05, 0) is 48.2 Å². The molecule has 0 aliphatic heterocycles. The van der Waals surface area contributed by atoms with E-state index >= 15 is 0 Å². The van der Waals surface area contributed by atoms with Crippen molar-refractivity contribution in [3.05, 3.63) is 59.4 Å². The van der Waals surface area contributed by atoms with Crippen molar-refractivity contribution < 1.29 is 27.4 Å². The maximum Gasteiger partial charge on any atom is 0.387 e. The first-order valence-corrected chi connectivity index (χ1v) is 8.61. The molecule has 0 atom stereocenters. The molecule has 1 aliphatic carbocycles. The standard InChI is InChI=1S/C20H20F3NO3/c1-26-17-10-13(6-7-16(17)27-19(22)23)12-24-18(25)20(8-3-9-20)14-4-2-5-15(21)11-14/h2,4-7,10-11,19H,3,8-9,12H2,1H3,(H,24,25). The number of ether oxygens (including phenoxy) is 2. The van der Waals surface area contributed by atoms with Crippen LogP contribution in [0.1, 0.15) is 30.4 Å². The number of carbonyl (C=O) groups excluding carboxylic acids is 1. The van der Waals surface area contributed by atoms with Gasteiger partial charge in [0.1, 0.15) is 5.82 Å². The molecule has 1 saturated carbocycles. The lowest BCUT2D eigenvalue weighted by atomic mass is 9.64. The monoisotopic (exact) mass is 379 g/mol. The number of nitrogens with one attached hydrogen (secondary N) is 1. The maximum absolute atomic E-state index is 13.6. The minimum absolute atomic E-state index is 0.0715. The van der Waals surface area contributed by atoms with Crippen LogP contribution in [0.2, 0.25) is 0 Å². The van der Waals surface area contributed by atoms with Gasteiger partial charge in [0.25, 0.3) is 0 Å². The molecule has 1 amide bonds. The molecule has 0 saturated heterocycles. The lowest BCUT2D eigenvalue weighted by molar-refractivity contribution is -0.130. The summed E-state index contributed by atoms with van der Waals surface area (Å²) in [6.45, 7) is -2.75. The highest BCUT2D eigenvalue weighted by molar-refractivity contribution is 5.89. The van der Waals surface area contributed by atoms with Crippen LogP contribution in [0.15, 0.2) is 42.5 Å². The normalized spacial score (nSPS) is 15.1. The van der Waals surface area contributed by atoms with Gasteiger partial charge in [0.15, 0.2) is 11.5 Å². The molecule has 2 aromatic rings. The first-order valence-electron chi connectivity index (χ1n) is 8.61. The molecular formula is C20H20F3NO3. The van der Waals surface area contributed by atoms with Crippen LogP contribution < -0.4 is 14.8 Å². The third kappa shape index (κ3) is 4.02. The summed E-state index contributed by atoms with van der Waals surface area (Å²) >= 11 is 0. The second-order valence-corrected chi connectivity index (χ2v) is 6.49. The lowest BCUT2D eigenvalue weighted by Gasteiger charge is -2.40. The number of hydrogen-bond acceptors (Lipinski definition) is 3. The van der Waals surface area contributed by atoms with Gasteiger partial charge in [-0.15, -0.1) is 0 Å². The number of methoxy groups -OCH3 is 1. The second kappa shape index (κ2) is 7.90. The summed E-state index contributed by atoms with van der Waals surface area (Å²) in [7, 11) is 1.35. The molecule has 1 N–H and O–H groups in total. The van der Waals surface area contributed by atoms with Crippen LogP contribution in [0.5, 0.6) is 11.5 Å². The van der Waals surface area contributed by atoms with E-state index in [9.17, 15) is 18.0 Å². The molecule has 144 valence electrons. The molecule has 0 bridgehead atoms. The Bertz CT molecular complexity index is 822. The van der Waals surface area contributed by atoms with E-state index in [1.165, 1.54) is 31.4 Å². The molecule has 2 aromatic carbocycles. The zero-order valence-corrected chi connectivity index (χ0v) is 14.8. The number of alkyl halides is 2. The first kappa shape index (κ1) is 19.1. The number of halogens is 3. The van der Waals surface area contributed by atoms with Crippen LogP contribution in [0.3, 0.4) is 0 Å². The van der Waals surface area contributed by atoms with Crippen LogP contribution in [-0.2, 0) is 16.8 Å². The van der Waals surface area contributed by atoms with Crippen LogP contribution in [-0.4, -0.2) is 19.6 Å². The van der Waals surface area contributed by atoms with Gasteiger partial charge in [-0.1, -0.05) is 24.6 Å². The zero-order chi connectivity index (χ0) is 19.4. The van der Waals surface area contributed by atoms with E-state index in [0.717, 1.165) is 6.42 Å². The topological polar surface area (TPSA) is 47.6 Å². The van der Waals surface area contributed by atoms with Crippen LogP contribution >= 0.6 is 0 Å². The smallest absolute Gasteiger partial charge is 0.387 e. The van der Waals surface area contributed by atoms with Crippen molar-refractivity contribution in [2.75, 3.05) is 7.11 Å². The predicted molar refractivity (Wildman–Crippen MR) is 93.4 cm³/mol. The number of hydrogen-bond donors (Lipinski definition) is 1. The largest absolute Gasteiger partial charge is 0.493 e. The van der Waals surface area contributed by atoms with E-state index in [-0.39, 0.29) is 29.8 Å². The number of benzene rings is 2. The Morgan fingerprint density at radius 3 is 2.56 bits per heavy atom. The Kier molecular flexibility index (Phi) is 5.58. The van der Waals surface area contributed by atoms with Crippen LogP contribution in [0.25, 0.3) is 0 Å². The van der Waals surface area contributed by atoms with Gasteiger partial charge in [-0.3, -0.25) is 4.79 Å². The molecule has 0 aromatic heterocycles. The van der Waals surface area contributed by atoms with Gasteiger partial charge in [-0.25, -0.2) is 4.39 Å². The molecule has 0 spiro atoms. The van der Waals surface area contributed by atoms with Crippen molar-refractivity contribution >= 4 is 5.91 Å². The van der Waals surface area contributed by atoms with Gasteiger partial charge < -0.3 is 14.8 Å². The Hall–Kier alpha value is -2.70. The quantitative estimate of drug-likeness (QED) is 0.785. The van der Waals surface area contributed by atoms with E-state index in [4.69, 9.17) is 4.74 Å². The summed E-state index contributed by atoms with van der Waals surface area (Å²) in [5.74, 6) is -0.458. The van der Waals surface area contributed by atoms with E-state index in [1.54, 1.807) is 18.2 Å². The Morgan fingerprint density at radius 2 is 1.96 bits per heavy atom. The van der Waals surface area contributed by atoms with E-state index in [2.05, 4.69) is 10.1 Å². The average molecular weight is 379 g/mol. The lowest BCUT2D eigenvalue weighted by Crippen LogP contribution is -2.49. The summed E-state index contributed by atoms with van der Waals surface area (Å²) in [6, 6.07) is 10.6. The number of carbonyl (C=O) groups is 1. The summed E-state index contributed by atoms with van der Waals surface area (Å²) in [5, 5.41) is 2.87. The third-order valence-corrected chi connectivity index (χ3v) is 4.92. The Balaban J connectivity index is 1.71. The maximum atomic E-state index is 13.6. The van der Waals surface area contributed by atoms with Crippen molar-refractivity contribution in [2.45, 2.75) is 37.8 Å². The summed E-state index contributed by atoms with van der Waals surface area (Å²) < 4.78 is 47.8. The minimum atomic E-state index is -2.95. The molecule has 0 radical (unpaired) electrons. The predicted octanol–water partition coefficient (Wildman–Crippen LogP) is 4.17. The fourth-order valence-corrected chi connectivity index (χ4v) is 3.33. The van der Waals surface area contributed by atoms with Gasteiger partial charge in [0, 0.05) is 6.54 Å². The second-order valence-electron chi connectivity index (χ2n) is 6.49. The molecule has 7 heteroatoms. The van der Waals surface area contributed by atoms with Crippen LogP contribution in [0.4, 0.5) is 13.2 Å². The van der Waals surface area contributed by atoms with E-state index in [1.807, 2.05) is 0 Å². The van der Waals surface area contributed by atoms with E-state index in [0.29, 0.717) is 24.0 Å². The van der Waals surface area contributed by atoms with Gasteiger partial charge in [0.05, 0.1) is 12.5 Å². The van der Waals surface area contributed by atoms with Crippen molar-refractivity contribution in [3.63, 3.8) is 0 Å². The van der Waals surface area contributed by atoms with E-state index < -0.39 is 12.0 Å². The fourth-order valence-electron chi connectivity index (χ4n) is 3.33. The highest BCUT2D eigenvalue weighted by Crippen LogP contribution is 2.44. The van der Waals surface area contributed by atoms with Gasteiger partial charge >= 0.3 is 6.61 Å². The van der Waals surface area contributed by atoms with Crippen molar-refractivity contribution in [1.29, 1.82) is 0 Å². The molecule has 1 fully saturated rings. The highest BCUT2D eigenvalue weighted by Gasteiger charge is 2.45. The number of amides is 1.